The van der Waals surface area contributed by atoms with E-state index in [-0.39, 0.29) is 5.82 Å². The molecule has 0 fully saturated rings. The number of methoxy groups -OCH3 is 1. The van der Waals surface area contributed by atoms with Gasteiger partial charge >= 0.3 is 0 Å². The van der Waals surface area contributed by atoms with Gasteiger partial charge < -0.3 is 10.1 Å². The second kappa shape index (κ2) is 6.40. The molecule has 3 heteroatoms. The van der Waals surface area contributed by atoms with Crippen molar-refractivity contribution in [3.05, 3.63) is 29.6 Å². The van der Waals surface area contributed by atoms with E-state index in [1.54, 1.807) is 18.2 Å². The summed E-state index contributed by atoms with van der Waals surface area (Å²) in [6.07, 6.45) is 2.26. The molecule has 0 atom stereocenters. The molecule has 2 nitrogen and oxygen atoms in total. The van der Waals surface area contributed by atoms with Crippen LogP contribution < -0.4 is 10.1 Å². The van der Waals surface area contributed by atoms with E-state index in [1.807, 2.05) is 0 Å². The minimum absolute atomic E-state index is 0.260. The second-order valence-corrected chi connectivity index (χ2v) is 3.46. The van der Waals surface area contributed by atoms with Gasteiger partial charge in [-0.3, -0.25) is 0 Å². The predicted octanol–water partition coefficient (Wildman–Crippen LogP) is 2.72. The largest absolute Gasteiger partial charge is 0.494 e. The van der Waals surface area contributed by atoms with E-state index in [0.29, 0.717) is 17.9 Å². The summed E-state index contributed by atoms with van der Waals surface area (Å²) in [5.41, 5.74) is 0.658. The van der Waals surface area contributed by atoms with Gasteiger partial charge in [0.1, 0.15) is 0 Å². The maximum atomic E-state index is 13.6. The SMILES string of the molecule is CCCCNCc1cccc(OC)c1F. The highest BCUT2D eigenvalue weighted by molar-refractivity contribution is 5.30. The number of unbranched alkanes of at least 4 members (excludes halogenated alkanes) is 1. The molecular formula is C12H18FNO. The maximum Gasteiger partial charge on any atom is 0.169 e. The lowest BCUT2D eigenvalue weighted by Gasteiger charge is -2.08. The Balaban J connectivity index is 2.53. The number of ether oxygens (including phenoxy) is 1. The predicted molar refractivity (Wildman–Crippen MR) is 59.6 cm³/mol. The molecular weight excluding hydrogens is 193 g/mol. The maximum absolute atomic E-state index is 13.6. The van der Waals surface area contributed by atoms with Gasteiger partial charge in [-0.25, -0.2) is 4.39 Å². The lowest BCUT2D eigenvalue weighted by Crippen LogP contribution is -2.15. The lowest BCUT2D eigenvalue weighted by atomic mass is 10.2. The average Bonchev–Trinajstić information content (AvgIpc) is 2.26. The second-order valence-electron chi connectivity index (χ2n) is 3.46. The minimum atomic E-state index is -0.260. The molecule has 1 rings (SSSR count). The lowest BCUT2D eigenvalue weighted by molar-refractivity contribution is 0.383. The summed E-state index contributed by atoms with van der Waals surface area (Å²) < 4.78 is 18.5. The van der Waals surface area contributed by atoms with Crippen molar-refractivity contribution >= 4 is 0 Å². The highest BCUT2D eigenvalue weighted by Crippen LogP contribution is 2.19. The fraction of sp³-hybridized carbons (Fsp3) is 0.500. The van der Waals surface area contributed by atoms with Crippen LogP contribution in [-0.2, 0) is 6.54 Å². The van der Waals surface area contributed by atoms with Gasteiger partial charge in [0.15, 0.2) is 11.6 Å². The molecule has 0 aliphatic rings. The van der Waals surface area contributed by atoms with Crippen LogP contribution in [0.3, 0.4) is 0 Å². The molecule has 0 saturated heterocycles. The minimum Gasteiger partial charge on any atom is -0.494 e. The molecule has 1 aromatic rings. The number of nitrogens with one attached hydrogen (secondary N) is 1. The van der Waals surface area contributed by atoms with Crippen molar-refractivity contribution < 1.29 is 9.13 Å². The van der Waals surface area contributed by atoms with Crippen LogP contribution in [0.4, 0.5) is 4.39 Å². The van der Waals surface area contributed by atoms with Gasteiger partial charge in [0.25, 0.3) is 0 Å². The summed E-state index contributed by atoms with van der Waals surface area (Å²) in [5, 5.41) is 3.20. The molecule has 1 aromatic carbocycles. The van der Waals surface area contributed by atoms with Crippen LogP contribution in [0.1, 0.15) is 25.3 Å². The van der Waals surface area contributed by atoms with E-state index in [2.05, 4.69) is 12.2 Å². The Bertz CT molecular complexity index is 302. The molecule has 0 unspecified atom stereocenters. The van der Waals surface area contributed by atoms with E-state index in [4.69, 9.17) is 4.74 Å². The van der Waals surface area contributed by atoms with Crippen LogP contribution in [0.15, 0.2) is 18.2 Å². The van der Waals surface area contributed by atoms with Crippen molar-refractivity contribution in [2.24, 2.45) is 0 Å². The number of benzene rings is 1. The van der Waals surface area contributed by atoms with Crippen molar-refractivity contribution in [3.63, 3.8) is 0 Å². The highest BCUT2D eigenvalue weighted by Gasteiger charge is 2.06. The zero-order valence-electron chi connectivity index (χ0n) is 9.35. The summed E-state index contributed by atoms with van der Waals surface area (Å²) in [4.78, 5) is 0. The number of halogens is 1. The Kier molecular flexibility index (Phi) is 5.12. The van der Waals surface area contributed by atoms with Crippen molar-refractivity contribution in [2.75, 3.05) is 13.7 Å². The van der Waals surface area contributed by atoms with Crippen LogP contribution in [0, 0.1) is 5.82 Å². The summed E-state index contributed by atoms with van der Waals surface area (Å²) in [5.74, 6) is 0.0498. The molecule has 15 heavy (non-hydrogen) atoms. The Morgan fingerprint density at radius 3 is 2.87 bits per heavy atom. The van der Waals surface area contributed by atoms with Crippen LogP contribution in [0.2, 0.25) is 0 Å². The summed E-state index contributed by atoms with van der Waals surface area (Å²) in [6.45, 7) is 3.62. The average molecular weight is 211 g/mol. The van der Waals surface area contributed by atoms with Crippen molar-refractivity contribution in [3.8, 4) is 5.75 Å². The molecule has 0 saturated carbocycles. The molecule has 0 bridgehead atoms. The first-order chi connectivity index (χ1) is 7.29. The molecule has 0 aliphatic carbocycles. The van der Waals surface area contributed by atoms with Gasteiger partial charge in [0.2, 0.25) is 0 Å². The smallest absolute Gasteiger partial charge is 0.169 e. The Morgan fingerprint density at radius 2 is 2.20 bits per heavy atom. The fourth-order valence-electron chi connectivity index (χ4n) is 1.38. The van der Waals surface area contributed by atoms with Crippen molar-refractivity contribution in [1.82, 2.24) is 5.32 Å². The third-order valence-corrected chi connectivity index (χ3v) is 2.29. The molecule has 84 valence electrons. The van der Waals surface area contributed by atoms with E-state index in [0.717, 1.165) is 19.4 Å². The third-order valence-electron chi connectivity index (χ3n) is 2.29. The van der Waals surface area contributed by atoms with Gasteiger partial charge in [0, 0.05) is 12.1 Å². The third kappa shape index (κ3) is 3.51. The van der Waals surface area contributed by atoms with Gasteiger partial charge in [-0.2, -0.15) is 0 Å². The summed E-state index contributed by atoms with van der Waals surface area (Å²) >= 11 is 0. The Morgan fingerprint density at radius 1 is 1.40 bits per heavy atom. The van der Waals surface area contributed by atoms with Crippen LogP contribution >= 0.6 is 0 Å². The molecule has 0 amide bonds. The van der Waals surface area contributed by atoms with E-state index in [1.165, 1.54) is 7.11 Å². The van der Waals surface area contributed by atoms with Gasteiger partial charge in [-0.1, -0.05) is 25.5 Å². The van der Waals surface area contributed by atoms with Gasteiger partial charge in [-0.15, -0.1) is 0 Å². The Hall–Kier alpha value is -1.09. The fourth-order valence-corrected chi connectivity index (χ4v) is 1.38. The standard InChI is InChI=1S/C12H18FNO/c1-3-4-8-14-9-10-6-5-7-11(15-2)12(10)13/h5-7,14H,3-4,8-9H2,1-2H3. The van der Waals surface area contributed by atoms with Gasteiger partial charge in [-0.05, 0) is 19.0 Å². The first-order valence-corrected chi connectivity index (χ1v) is 5.31. The number of hydrogen-bond donors (Lipinski definition) is 1. The number of rotatable bonds is 6. The first-order valence-electron chi connectivity index (χ1n) is 5.31. The number of hydrogen-bond acceptors (Lipinski definition) is 2. The zero-order chi connectivity index (χ0) is 11.1. The molecule has 0 aromatic heterocycles. The Labute approximate surface area is 90.4 Å². The van der Waals surface area contributed by atoms with Crippen LogP contribution in [0.25, 0.3) is 0 Å². The summed E-state index contributed by atoms with van der Waals surface area (Å²) in [7, 11) is 1.48. The van der Waals surface area contributed by atoms with Gasteiger partial charge in [0.05, 0.1) is 7.11 Å². The molecule has 0 radical (unpaired) electrons. The summed E-state index contributed by atoms with van der Waals surface area (Å²) in [6, 6.07) is 5.21. The van der Waals surface area contributed by atoms with E-state index >= 15 is 0 Å². The molecule has 1 N–H and O–H groups in total. The topological polar surface area (TPSA) is 21.3 Å². The van der Waals surface area contributed by atoms with Crippen LogP contribution in [-0.4, -0.2) is 13.7 Å². The molecule has 0 aliphatic heterocycles. The van der Waals surface area contributed by atoms with Crippen molar-refractivity contribution in [1.29, 1.82) is 0 Å². The van der Waals surface area contributed by atoms with Crippen LogP contribution in [0.5, 0.6) is 5.75 Å². The molecule has 0 heterocycles. The van der Waals surface area contributed by atoms with Crippen molar-refractivity contribution in [2.45, 2.75) is 26.3 Å². The zero-order valence-corrected chi connectivity index (χ0v) is 9.35. The monoisotopic (exact) mass is 211 g/mol. The quantitative estimate of drug-likeness (QED) is 0.730. The molecule has 0 spiro atoms. The highest BCUT2D eigenvalue weighted by atomic mass is 19.1. The first kappa shape index (κ1) is 12.0. The van der Waals surface area contributed by atoms with E-state index < -0.39 is 0 Å². The normalized spacial score (nSPS) is 10.3. The van der Waals surface area contributed by atoms with E-state index in [9.17, 15) is 4.39 Å².